The van der Waals surface area contributed by atoms with Crippen molar-refractivity contribution in [1.29, 1.82) is 0 Å². The van der Waals surface area contributed by atoms with E-state index >= 15 is 0 Å². The van der Waals surface area contributed by atoms with Crippen molar-refractivity contribution in [1.82, 2.24) is 16.0 Å². The molecule has 3 N–H and O–H groups in total. The molecule has 0 unspecified atom stereocenters. The third kappa shape index (κ3) is 4.99. The molecule has 0 aliphatic carbocycles. The maximum atomic E-state index is 11.6. The molecule has 104 valence electrons. The lowest BCUT2D eigenvalue weighted by Gasteiger charge is -2.22. The van der Waals surface area contributed by atoms with E-state index in [0.717, 1.165) is 5.56 Å². The third-order valence-electron chi connectivity index (χ3n) is 2.83. The first-order valence-corrected chi connectivity index (χ1v) is 6.23. The van der Waals surface area contributed by atoms with Crippen LogP contribution in [-0.2, 0) is 11.3 Å². The highest BCUT2D eigenvalue weighted by Crippen LogP contribution is 2.12. The van der Waals surface area contributed by atoms with E-state index in [4.69, 9.17) is 0 Å². The SMILES string of the molecule is CNC(=O)C(C)(C)CNC(=O)NCc1ccccc1. The number of carbonyl (C=O) groups excluding carboxylic acids is 2. The van der Waals surface area contributed by atoms with Crippen LogP contribution in [0.15, 0.2) is 30.3 Å². The first-order valence-electron chi connectivity index (χ1n) is 6.23. The van der Waals surface area contributed by atoms with Crippen molar-refractivity contribution in [2.75, 3.05) is 13.6 Å². The molecule has 0 spiro atoms. The van der Waals surface area contributed by atoms with E-state index in [2.05, 4.69) is 16.0 Å². The van der Waals surface area contributed by atoms with Gasteiger partial charge in [0, 0.05) is 20.1 Å². The first-order chi connectivity index (χ1) is 8.95. The molecule has 0 aliphatic heterocycles. The molecule has 5 heteroatoms. The summed E-state index contributed by atoms with van der Waals surface area (Å²) < 4.78 is 0. The highest BCUT2D eigenvalue weighted by Gasteiger charge is 2.26. The van der Waals surface area contributed by atoms with Gasteiger partial charge in [-0.05, 0) is 19.4 Å². The van der Waals surface area contributed by atoms with Crippen molar-refractivity contribution in [2.45, 2.75) is 20.4 Å². The smallest absolute Gasteiger partial charge is 0.315 e. The molecule has 0 fully saturated rings. The Morgan fingerprint density at radius 1 is 1.11 bits per heavy atom. The van der Waals surface area contributed by atoms with Crippen molar-refractivity contribution >= 4 is 11.9 Å². The Labute approximate surface area is 113 Å². The summed E-state index contributed by atoms with van der Waals surface area (Å²) in [6.45, 7) is 4.31. The number of carbonyl (C=O) groups is 2. The molecule has 0 bridgehead atoms. The van der Waals surface area contributed by atoms with Gasteiger partial charge in [-0.15, -0.1) is 0 Å². The average molecular weight is 263 g/mol. The van der Waals surface area contributed by atoms with Gasteiger partial charge in [-0.25, -0.2) is 4.79 Å². The van der Waals surface area contributed by atoms with Crippen LogP contribution in [0.1, 0.15) is 19.4 Å². The Morgan fingerprint density at radius 3 is 2.32 bits per heavy atom. The molecule has 0 aromatic heterocycles. The molecule has 0 saturated carbocycles. The number of urea groups is 1. The zero-order valence-electron chi connectivity index (χ0n) is 11.6. The molecule has 1 aromatic rings. The van der Waals surface area contributed by atoms with Crippen LogP contribution < -0.4 is 16.0 Å². The summed E-state index contributed by atoms with van der Waals surface area (Å²) in [6, 6.07) is 9.37. The highest BCUT2D eigenvalue weighted by atomic mass is 16.2. The Bertz CT molecular complexity index is 430. The van der Waals surface area contributed by atoms with Gasteiger partial charge in [0.2, 0.25) is 5.91 Å². The van der Waals surface area contributed by atoms with Crippen LogP contribution in [-0.4, -0.2) is 25.5 Å². The zero-order chi connectivity index (χ0) is 14.3. The second-order valence-corrected chi connectivity index (χ2v) is 4.98. The second kappa shape index (κ2) is 6.78. The molecule has 1 rings (SSSR count). The summed E-state index contributed by atoms with van der Waals surface area (Å²) in [5, 5.41) is 8.02. The summed E-state index contributed by atoms with van der Waals surface area (Å²) in [4.78, 5) is 23.2. The Kier molecular flexibility index (Phi) is 5.36. The number of amides is 3. The fraction of sp³-hybridized carbons (Fsp3) is 0.429. The fourth-order valence-corrected chi connectivity index (χ4v) is 1.56. The van der Waals surface area contributed by atoms with Crippen molar-refractivity contribution in [3.05, 3.63) is 35.9 Å². The Morgan fingerprint density at radius 2 is 1.74 bits per heavy atom. The van der Waals surface area contributed by atoms with Crippen LogP contribution in [0.2, 0.25) is 0 Å². The van der Waals surface area contributed by atoms with Crippen molar-refractivity contribution in [3.8, 4) is 0 Å². The minimum absolute atomic E-state index is 0.101. The number of benzene rings is 1. The van der Waals surface area contributed by atoms with Crippen LogP contribution in [0.25, 0.3) is 0 Å². The van der Waals surface area contributed by atoms with E-state index in [1.807, 2.05) is 30.3 Å². The van der Waals surface area contributed by atoms with Gasteiger partial charge in [0.25, 0.3) is 0 Å². The quantitative estimate of drug-likeness (QED) is 0.748. The van der Waals surface area contributed by atoms with Crippen LogP contribution >= 0.6 is 0 Å². The lowest BCUT2D eigenvalue weighted by Crippen LogP contribution is -2.46. The molecule has 0 saturated heterocycles. The number of nitrogens with one attached hydrogen (secondary N) is 3. The van der Waals surface area contributed by atoms with Crippen molar-refractivity contribution in [3.63, 3.8) is 0 Å². The largest absolute Gasteiger partial charge is 0.359 e. The lowest BCUT2D eigenvalue weighted by atomic mass is 9.92. The monoisotopic (exact) mass is 263 g/mol. The van der Waals surface area contributed by atoms with Gasteiger partial charge in [-0.2, -0.15) is 0 Å². The van der Waals surface area contributed by atoms with Gasteiger partial charge >= 0.3 is 6.03 Å². The van der Waals surface area contributed by atoms with E-state index in [1.54, 1.807) is 20.9 Å². The minimum atomic E-state index is -0.626. The topological polar surface area (TPSA) is 70.2 Å². The van der Waals surface area contributed by atoms with Gasteiger partial charge in [0.1, 0.15) is 0 Å². The number of hydrogen-bond acceptors (Lipinski definition) is 2. The third-order valence-corrected chi connectivity index (χ3v) is 2.83. The second-order valence-electron chi connectivity index (χ2n) is 4.98. The molecule has 19 heavy (non-hydrogen) atoms. The molecular weight excluding hydrogens is 242 g/mol. The summed E-state index contributed by atoms with van der Waals surface area (Å²) >= 11 is 0. The van der Waals surface area contributed by atoms with E-state index in [-0.39, 0.29) is 18.5 Å². The predicted molar refractivity (Wildman–Crippen MR) is 74.5 cm³/mol. The Hall–Kier alpha value is -2.04. The normalized spacial score (nSPS) is 10.7. The van der Waals surface area contributed by atoms with E-state index in [0.29, 0.717) is 6.54 Å². The molecule has 0 aliphatic rings. The zero-order valence-corrected chi connectivity index (χ0v) is 11.6. The van der Waals surface area contributed by atoms with E-state index < -0.39 is 5.41 Å². The van der Waals surface area contributed by atoms with E-state index in [9.17, 15) is 9.59 Å². The predicted octanol–water partition coefficient (Wildman–Crippen LogP) is 1.26. The molecule has 5 nitrogen and oxygen atoms in total. The van der Waals surface area contributed by atoms with Gasteiger partial charge < -0.3 is 16.0 Å². The first kappa shape index (κ1) is 15.0. The maximum Gasteiger partial charge on any atom is 0.315 e. The van der Waals surface area contributed by atoms with Crippen molar-refractivity contribution in [2.24, 2.45) is 5.41 Å². The highest BCUT2D eigenvalue weighted by molar-refractivity contribution is 5.82. The molecule has 0 atom stereocenters. The van der Waals surface area contributed by atoms with Gasteiger partial charge in [-0.3, -0.25) is 4.79 Å². The molecular formula is C14H21N3O2. The average Bonchev–Trinajstić information content (AvgIpc) is 2.43. The maximum absolute atomic E-state index is 11.6. The minimum Gasteiger partial charge on any atom is -0.359 e. The van der Waals surface area contributed by atoms with E-state index in [1.165, 1.54) is 0 Å². The molecule has 0 radical (unpaired) electrons. The van der Waals surface area contributed by atoms with Gasteiger partial charge in [0.05, 0.1) is 5.41 Å². The molecule has 0 heterocycles. The Balaban J connectivity index is 2.34. The summed E-state index contributed by atoms with van der Waals surface area (Å²) in [7, 11) is 1.58. The van der Waals surface area contributed by atoms with Crippen LogP contribution in [0.5, 0.6) is 0 Å². The van der Waals surface area contributed by atoms with Crippen LogP contribution in [0, 0.1) is 5.41 Å². The summed E-state index contributed by atoms with van der Waals surface area (Å²) in [5.41, 5.74) is 0.405. The fourth-order valence-electron chi connectivity index (χ4n) is 1.56. The number of hydrogen-bond donors (Lipinski definition) is 3. The van der Waals surface area contributed by atoms with Gasteiger partial charge in [0.15, 0.2) is 0 Å². The summed E-state index contributed by atoms with van der Waals surface area (Å²) in [6.07, 6.45) is 0. The van der Waals surface area contributed by atoms with Gasteiger partial charge in [-0.1, -0.05) is 30.3 Å². The standard InChI is InChI=1S/C14H21N3O2/c1-14(2,12(18)15-3)10-17-13(19)16-9-11-7-5-4-6-8-11/h4-8H,9-10H2,1-3H3,(H,15,18)(H2,16,17,19). The van der Waals surface area contributed by atoms with Crippen LogP contribution in [0.4, 0.5) is 4.79 Å². The van der Waals surface area contributed by atoms with Crippen molar-refractivity contribution < 1.29 is 9.59 Å². The summed E-state index contributed by atoms with van der Waals surface area (Å²) in [5.74, 6) is -0.101. The molecule has 1 aromatic carbocycles. The number of rotatable bonds is 5. The molecule has 3 amide bonds. The van der Waals surface area contributed by atoms with Crippen LogP contribution in [0.3, 0.4) is 0 Å². The lowest BCUT2D eigenvalue weighted by molar-refractivity contribution is -0.128.